The minimum absolute atomic E-state index is 0.0711. The number of hydrogen-bond donors (Lipinski definition) is 3. The first-order chi connectivity index (χ1) is 10.1. The standard InChI is InChI=1S/C14H23N5O2/c1-4-10(3)17-13(20)8-9-16-14(21)11-6-7-12(15-5-2)19-18-11/h6-7,10H,4-5,8-9H2,1-3H3,(H,15,19)(H,16,21)(H,17,20). The molecule has 0 aromatic carbocycles. The van der Waals surface area contributed by atoms with Crippen LogP contribution in [0.4, 0.5) is 5.82 Å². The maximum Gasteiger partial charge on any atom is 0.271 e. The lowest BCUT2D eigenvalue weighted by Crippen LogP contribution is -2.35. The van der Waals surface area contributed by atoms with Crippen LogP contribution in [0.3, 0.4) is 0 Å². The highest BCUT2D eigenvalue weighted by Crippen LogP contribution is 2.01. The molecule has 0 saturated carbocycles. The molecule has 1 heterocycles. The Kier molecular flexibility index (Phi) is 7.14. The van der Waals surface area contributed by atoms with E-state index in [1.165, 1.54) is 0 Å². The van der Waals surface area contributed by atoms with Gasteiger partial charge in [0, 0.05) is 25.6 Å². The molecule has 3 N–H and O–H groups in total. The highest BCUT2D eigenvalue weighted by Gasteiger charge is 2.09. The molecule has 116 valence electrons. The number of nitrogens with one attached hydrogen (secondary N) is 3. The normalized spacial score (nSPS) is 11.6. The number of carbonyl (C=O) groups excluding carboxylic acids is 2. The monoisotopic (exact) mass is 293 g/mol. The zero-order chi connectivity index (χ0) is 15.7. The minimum Gasteiger partial charge on any atom is -0.369 e. The Labute approximate surface area is 124 Å². The quantitative estimate of drug-likeness (QED) is 0.663. The maximum atomic E-state index is 11.8. The van der Waals surface area contributed by atoms with Crippen molar-refractivity contribution >= 4 is 17.6 Å². The number of anilines is 1. The van der Waals surface area contributed by atoms with E-state index in [0.29, 0.717) is 5.82 Å². The van der Waals surface area contributed by atoms with E-state index in [-0.39, 0.29) is 36.5 Å². The Morgan fingerprint density at radius 2 is 2.00 bits per heavy atom. The molecule has 1 unspecified atom stereocenters. The SMILES string of the molecule is CCNc1ccc(C(=O)NCCC(=O)NC(C)CC)nn1. The van der Waals surface area contributed by atoms with Crippen LogP contribution in [-0.4, -0.2) is 41.1 Å². The Balaban J connectivity index is 2.35. The first kappa shape index (κ1) is 16.9. The molecule has 1 atom stereocenters. The third-order valence-corrected chi connectivity index (χ3v) is 2.91. The van der Waals surface area contributed by atoms with Crippen molar-refractivity contribution in [2.24, 2.45) is 0 Å². The molecule has 7 heteroatoms. The molecule has 21 heavy (non-hydrogen) atoms. The molecular formula is C14H23N5O2. The van der Waals surface area contributed by atoms with E-state index in [1.54, 1.807) is 12.1 Å². The van der Waals surface area contributed by atoms with Crippen molar-refractivity contribution in [2.75, 3.05) is 18.4 Å². The first-order valence-electron chi connectivity index (χ1n) is 7.22. The second kappa shape index (κ2) is 8.89. The van der Waals surface area contributed by atoms with Crippen LogP contribution in [0.1, 0.15) is 44.1 Å². The smallest absolute Gasteiger partial charge is 0.271 e. The van der Waals surface area contributed by atoms with Crippen LogP contribution in [0.15, 0.2) is 12.1 Å². The van der Waals surface area contributed by atoms with Gasteiger partial charge in [0.05, 0.1) is 0 Å². The van der Waals surface area contributed by atoms with Crippen LogP contribution in [-0.2, 0) is 4.79 Å². The average molecular weight is 293 g/mol. The molecule has 7 nitrogen and oxygen atoms in total. The summed E-state index contributed by atoms with van der Waals surface area (Å²) >= 11 is 0. The van der Waals surface area contributed by atoms with E-state index >= 15 is 0 Å². The molecule has 0 spiro atoms. The van der Waals surface area contributed by atoms with Crippen LogP contribution in [0, 0.1) is 0 Å². The van der Waals surface area contributed by atoms with E-state index in [1.807, 2.05) is 20.8 Å². The molecule has 0 fully saturated rings. The van der Waals surface area contributed by atoms with Gasteiger partial charge in [0.25, 0.3) is 5.91 Å². The summed E-state index contributed by atoms with van der Waals surface area (Å²) in [4.78, 5) is 23.4. The summed E-state index contributed by atoms with van der Waals surface area (Å²) in [5.74, 6) is 0.224. The number of carbonyl (C=O) groups is 2. The zero-order valence-corrected chi connectivity index (χ0v) is 12.8. The number of amides is 2. The summed E-state index contributed by atoms with van der Waals surface area (Å²) in [5, 5.41) is 16.2. The van der Waals surface area contributed by atoms with Crippen molar-refractivity contribution in [2.45, 2.75) is 39.7 Å². The largest absolute Gasteiger partial charge is 0.369 e. The van der Waals surface area contributed by atoms with Gasteiger partial charge in [-0.05, 0) is 32.4 Å². The molecule has 0 aliphatic rings. The molecule has 0 radical (unpaired) electrons. The summed E-state index contributed by atoms with van der Waals surface area (Å²) in [5.41, 5.74) is 0.235. The molecule has 0 bridgehead atoms. The van der Waals surface area contributed by atoms with Gasteiger partial charge >= 0.3 is 0 Å². The highest BCUT2D eigenvalue weighted by molar-refractivity contribution is 5.92. The Morgan fingerprint density at radius 1 is 1.24 bits per heavy atom. The molecule has 1 aromatic heterocycles. The summed E-state index contributed by atoms with van der Waals surface area (Å²) in [6.45, 7) is 6.91. The van der Waals surface area contributed by atoms with Gasteiger partial charge in [0.2, 0.25) is 5.91 Å². The Morgan fingerprint density at radius 3 is 2.57 bits per heavy atom. The van der Waals surface area contributed by atoms with Gasteiger partial charge < -0.3 is 16.0 Å². The van der Waals surface area contributed by atoms with Crippen molar-refractivity contribution in [1.82, 2.24) is 20.8 Å². The highest BCUT2D eigenvalue weighted by atomic mass is 16.2. The van der Waals surface area contributed by atoms with Crippen molar-refractivity contribution < 1.29 is 9.59 Å². The van der Waals surface area contributed by atoms with Crippen molar-refractivity contribution in [3.8, 4) is 0 Å². The minimum atomic E-state index is -0.332. The molecule has 0 saturated heterocycles. The van der Waals surface area contributed by atoms with Crippen LogP contribution >= 0.6 is 0 Å². The number of aromatic nitrogens is 2. The topological polar surface area (TPSA) is 96.0 Å². The predicted molar refractivity (Wildman–Crippen MR) is 81.0 cm³/mol. The van der Waals surface area contributed by atoms with Gasteiger partial charge in [0.1, 0.15) is 5.82 Å². The van der Waals surface area contributed by atoms with Crippen molar-refractivity contribution in [3.63, 3.8) is 0 Å². The van der Waals surface area contributed by atoms with Gasteiger partial charge in [-0.2, -0.15) is 0 Å². The molecular weight excluding hydrogens is 270 g/mol. The van der Waals surface area contributed by atoms with E-state index in [4.69, 9.17) is 0 Å². The molecule has 1 aromatic rings. The number of nitrogens with zero attached hydrogens (tertiary/aromatic N) is 2. The summed E-state index contributed by atoms with van der Waals surface area (Å²) < 4.78 is 0. The maximum absolute atomic E-state index is 11.8. The lowest BCUT2D eigenvalue weighted by molar-refractivity contribution is -0.121. The lowest BCUT2D eigenvalue weighted by atomic mass is 10.2. The molecule has 2 amide bonds. The second-order valence-corrected chi connectivity index (χ2v) is 4.72. The van der Waals surface area contributed by atoms with Gasteiger partial charge in [-0.1, -0.05) is 6.92 Å². The molecule has 0 aliphatic heterocycles. The van der Waals surface area contributed by atoms with Crippen LogP contribution in [0.2, 0.25) is 0 Å². The van der Waals surface area contributed by atoms with Crippen LogP contribution in [0.5, 0.6) is 0 Å². The molecule has 1 rings (SSSR count). The van der Waals surface area contributed by atoms with Gasteiger partial charge in [-0.15, -0.1) is 10.2 Å². The van der Waals surface area contributed by atoms with Crippen molar-refractivity contribution in [1.29, 1.82) is 0 Å². The summed E-state index contributed by atoms with van der Waals surface area (Å²) in [6, 6.07) is 3.44. The Hall–Kier alpha value is -2.18. The van der Waals surface area contributed by atoms with E-state index in [0.717, 1.165) is 13.0 Å². The van der Waals surface area contributed by atoms with E-state index in [2.05, 4.69) is 26.1 Å². The van der Waals surface area contributed by atoms with Gasteiger partial charge in [-0.25, -0.2) is 0 Å². The van der Waals surface area contributed by atoms with Gasteiger partial charge in [0.15, 0.2) is 5.69 Å². The summed E-state index contributed by atoms with van der Waals surface area (Å²) in [6.07, 6.45) is 1.13. The van der Waals surface area contributed by atoms with Crippen molar-refractivity contribution in [3.05, 3.63) is 17.8 Å². The first-order valence-corrected chi connectivity index (χ1v) is 7.22. The second-order valence-electron chi connectivity index (χ2n) is 4.72. The number of hydrogen-bond acceptors (Lipinski definition) is 5. The zero-order valence-electron chi connectivity index (χ0n) is 12.8. The van der Waals surface area contributed by atoms with Gasteiger partial charge in [-0.3, -0.25) is 9.59 Å². The van der Waals surface area contributed by atoms with Crippen LogP contribution in [0.25, 0.3) is 0 Å². The lowest BCUT2D eigenvalue weighted by Gasteiger charge is -2.11. The Bertz CT molecular complexity index is 461. The van der Waals surface area contributed by atoms with Crippen LogP contribution < -0.4 is 16.0 Å². The van der Waals surface area contributed by atoms with E-state index in [9.17, 15) is 9.59 Å². The van der Waals surface area contributed by atoms with E-state index < -0.39 is 0 Å². The fourth-order valence-electron chi connectivity index (χ4n) is 1.56. The number of rotatable bonds is 8. The summed E-state index contributed by atoms with van der Waals surface area (Å²) in [7, 11) is 0. The average Bonchev–Trinajstić information content (AvgIpc) is 2.48. The molecule has 0 aliphatic carbocycles. The third kappa shape index (κ3) is 6.20. The fourth-order valence-corrected chi connectivity index (χ4v) is 1.56. The fraction of sp³-hybridized carbons (Fsp3) is 0.571. The predicted octanol–water partition coefficient (Wildman–Crippen LogP) is 0.943. The third-order valence-electron chi connectivity index (χ3n) is 2.91.